The van der Waals surface area contributed by atoms with Crippen LogP contribution in [-0.2, 0) is 7.05 Å². The van der Waals surface area contributed by atoms with Crippen LogP contribution >= 0.6 is 23.2 Å². The molecule has 0 saturated carbocycles. The molecule has 2 aromatic rings. The van der Waals surface area contributed by atoms with Crippen LogP contribution in [-0.4, -0.2) is 11.3 Å². The minimum absolute atomic E-state index is 0. The van der Waals surface area contributed by atoms with Crippen LogP contribution in [0.25, 0.3) is 0 Å². The van der Waals surface area contributed by atoms with Gasteiger partial charge in [-0.2, -0.15) is 0 Å². The van der Waals surface area contributed by atoms with Crippen LogP contribution in [0.5, 0.6) is 5.75 Å². The molecule has 0 aliphatic carbocycles. The third-order valence-electron chi connectivity index (χ3n) is 2.50. The Bertz CT molecular complexity index is 635. The number of halogens is 3. The second-order valence-electron chi connectivity index (χ2n) is 3.89. The molecule has 106 valence electrons. The minimum Gasteiger partial charge on any atom is -1.00 e. The topological polar surface area (TPSA) is 48.5 Å². The first-order chi connectivity index (χ1) is 9.08. The number of nitrogens with zero attached hydrogens (tertiary/aromatic N) is 2. The quantitative estimate of drug-likeness (QED) is 0.315. The fourth-order valence-corrected chi connectivity index (χ4v) is 2.00. The van der Waals surface area contributed by atoms with Gasteiger partial charge in [-0.3, -0.25) is 0 Å². The van der Waals surface area contributed by atoms with Gasteiger partial charge in [0.05, 0.1) is 24.5 Å². The molecule has 1 heterocycles. The Morgan fingerprint density at radius 2 is 2.05 bits per heavy atom. The van der Waals surface area contributed by atoms with Gasteiger partial charge in [0, 0.05) is 16.7 Å². The number of phenols is 1. The number of phenolic OH excluding ortho intramolecular Hbond substituents is 1. The summed E-state index contributed by atoms with van der Waals surface area (Å²) in [6.07, 6.45) is 3.35. The molecule has 7 heteroatoms. The predicted octanol–water partition coefficient (Wildman–Crippen LogP) is -0.0265. The normalized spacial score (nSPS) is 10.3. The fourth-order valence-electron chi connectivity index (χ4n) is 1.49. The molecular weight excluding hydrogens is 412 g/mol. The largest absolute Gasteiger partial charge is 1.00 e. The van der Waals surface area contributed by atoms with E-state index in [9.17, 15) is 5.11 Å². The number of aryl methyl sites for hydroxylation is 1. The number of anilines is 1. The standard InChI is InChI=1S/C13H11Cl2N3O.HI/c1-18-5-3-2-4-12(18)17-16-8-9-6-10(14)7-11(15)13(9)19;/h2-8H,1H3,(H,16,19);1H. The molecular formula is C13H12Cl2IN3O. The summed E-state index contributed by atoms with van der Waals surface area (Å²) in [6.45, 7) is 0. The fraction of sp³-hybridized carbons (Fsp3) is 0.0769. The third kappa shape index (κ3) is 4.22. The van der Waals surface area contributed by atoms with Gasteiger partial charge in [0.2, 0.25) is 0 Å². The van der Waals surface area contributed by atoms with Crippen LogP contribution < -0.4 is 34.0 Å². The number of pyridine rings is 1. The van der Waals surface area contributed by atoms with Crippen molar-refractivity contribution in [3.05, 3.63) is 52.1 Å². The molecule has 0 aliphatic rings. The third-order valence-corrected chi connectivity index (χ3v) is 3.00. The number of benzene rings is 1. The Hall–Kier alpha value is -1.05. The first-order valence-corrected chi connectivity index (χ1v) is 6.25. The van der Waals surface area contributed by atoms with Gasteiger partial charge in [0.15, 0.2) is 0 Å². The average molecular weight is 424 g/mol. The van der Waals surface area contributed by atoms with E-state index in [-0.39, 0.29) is 34.7 Å². The van der Waals surface area contributed by atoms with Crippen LogP contribution in [0.3, 0.4) is 0 Å². The SMILES string of the molecule is C[n+]1ccccc1N/N=C/c1cc(Cl)cc(Cl)c1O.[I-]. The molecule has 1 aromatic carbocycles. The van der Waals surface area contributed by atoms with Crippen LogP contribution in [0.1, 0.15) is 5.56 Å². The Morgan fingerprint density at radius 1 is 1.30 bits per heavy atom. The lowest BCUT2D eigenvalue weighted by molar-refractivity contribution is -0.657. The number of aromatic nitrogens is 1. The van der Waals surface area contributed by atoms with E-state index in [0.29, 0.717) is 10.6 Å². The van der Waals surface area contributed by atoms with E-state index >= 15 is 0 Å². The lowest BCUT2D eigenvalue weighted by Gasteiger charge is -2.01. The number of hydrogen-bond donors (Lipinski definition) is 2. The first kappa shape index (κ1) is 17.0. The summed E-state index contributed by atoms with van der Waals surface area (Å²) >= 11 is 11.7. The highest BCUT2D eigenvalue weighted by Gasteiger charge is 2.07. The summed E-state index contributed by atoms with van der Waals surface area (Å²) in [5.41, 5.74) is 3.31. The summed E-state index contributed by atoms with van der Waals surface area (Å²) in [7, 11) is 1.89. The molecule has 0 aliphatic heterocycles. The maximum Gasteiger partial charge on any atom is 0.299 e. The second-order valence-corrected chi connectivity index (χ2v) is 4.74. The van der Waals surface area contributed by atoms with Crippen molar-refractivity contribution in [1.82, 2.24) is 0 Å². The molecule has 0 saturated heterocycles. The van der Waals surface area contributed by atoms with Gasteiger partial charge in [-0.1, -0.05) is 34.4 Å². The molecule has 0 unspecified atom stereocenters. The number of nitrogens with one attached hydrogen (secondary N) is 1. The van der Waals surface area contributed by atoms with Crippen molar-refractivity contribution in [3.63, 3.8) is 0 Å². The zero-order valence-corrected chi connectivity index (χ0v) is 14.2. The molecule has 0 fully saturated rings. The van der Waals surface area contributed by atoms with E-state index in [1.54, 1.807) is 6.07 Å². The highest BCUT2D eigenvalue weighted by molar-refractivity contribution is 6.36. The second kappa shape index (κ2) is 7.66. The van der Waals surface area contributed by atoms with Crippen LogP contribution in [0, 0.1) is 0 Å². The van der Waals surface area contributed by atoms with Crippen molar-refractivity contribution in [3.8, 4) is 5.75 Å². The Labute approximate surface area is 144 Å². The Kier molecular flexibility index (Phi) is 6.51. The molecule has 2 N–H and O–H groups in total. The summed E-state index contributed by atoms with van der Waals surface area (Å²) in [5.74, 6) is 0.764. The van der Waals surface area contributed by atoms with Crippen LogP contribution in [0.2, 0.25) is 10.0 Å². The molecule has 0 atom stereocenters. The van der Waals surface area contributed by atoms with E-state index in [0.717, 1.165) is 5.82 Å². The van der Waals surface area contributed by atoms with Crippen LogP contribution in [0.15, 0.2) is 41.6 Å². The molecule has 0 spiro atoms. The highest BCUT2D eigenvalue weighted by Crippen LogP contribution is 2.29. The van der Waals surface area contributed by atoms with Crippen molar-refractivity contribution >= 4 is 35.2 Å². The smallest absolute Gasteiger partial charge is 0.299 e. The number of hydrazone groups is 1. The first-order valence-electron chi connectivity index (χ1n) is 5.49. The van der Waals surface area contributed by atoms with E-state index in [1.165, 1.54) is 12.3 Å². The molecule has 0 bridgehead atoms. The van der Waals surface area contributed by atoms with Crippen molar-refractivity contribution in [2.24, 2.45) is 12.1 Å². The molecule has 2 rings (SSSR count). The minimum atomic E-state index is -0.0472. The summed E-state index contributed by atoms with van der Waals surface area (Å²) in [4.78, 5) is 0. The zero-order valence-electron chi connectivity index (χ0n) is 10.5. The van der Waals surface area contributed by atoms with Gasteiger partial charge in [-0.25, -0.2) is 4.57 Å². The van der Waals surface area contributed by atoms with Crippen molar-refractivity contribution in [1.29, 1.82) is 0 Å². The number of hydrogen-bond acceptors (Lipinski definition) is 3. The lowest BCUT2D eigenvalue weighted by atomic mass is 10.2. The van der Waals surface area contributed by atoms with Gasteiger partial charge in [0.25, 0.3) is 5.82 Å². The number of rotatable bonds is 3. The maximum atomic E-state index is 9.76. The lowest BCUT2D eigenvalue weighted by Crippen LogP contribution is -3.00. The van der Waals surface area contributed by atoms with Crippen molar-refractivity contribution < 1.29 is 33.7 Å². The van der Waals surface area contributed by atoms with E-state index in [1.807, 2.05) is 36.0 Å². The monoisotopic (exact) mass is 423 g/mol. The average Bonchev–Trinajstić information content (AvgIpc) is 2.37. The van der Waals surface area contributed by atoms with E-state index < -0.39 is 0 Å². The summed E-state index contributed by atoms with van der Waals surface area (Å²) in [6, 6.07) is 8.74. The highest BCUT2D eigenvalue weighted by atomic mass is 127. The van der Waals surface area contributed by atoms with Crippen LogP contribution in [0.4, 0.5) is 5.82 Å². The van der Waals surface area contributed by atoms with E-state index in [2.05, 4.69) is 10.5 Å². The molecule has 0 amide bonds. The van der Waals surface area contributed by atoms with Gasteiger partial charge >= 0.3 is 0 Å². The van der Waals surface area contributed by atoms with Gasteiger partial charge in [-0.05, 0) is 18.2 Å². The molecule has 1 aromatic heterocycles. The van der Waals surface area contributed by atoms with Gasteiger partial charge in [-0.15, -0.1) is 5.43 Å². The van der Waals surface area contributed by atoms with Gasteiger partial charge < -0.3 is 29.1 Å². The zero-order chi connectivity index (χ0) is 13.8. The van der Waals surface area contributed by atoms with E-state index in [4.69, 9.17) is 23.2 Å². The van der Waals surface area contributed by atoms with Gasteiger partial charge in [0.1, 0.15) is 5.75 Å². The molecule has 4 nitrogen and oxygen atoms in total. The Morgan fingerprint density at radius 3 is 2.75 bits per heavy atom. The van der Waals surface area contributed by atoms with Crippen molar-refractivity contribution in [2.75, 3.05) is 5.43 Å². The summed E-state index contributed by atoms with van der Waals surface area (Å²) in [5, 5.41) is 14.4. The van der Waals surface area contributed by atoms with Crippen molar-refractivity contribution in [2.45, 2.75) is 0 Å². The molecule has 20 heavy (non-hydrogen) atoms. The predicted molar refractivity (Wildman–Crippen MR) is 77.0 cm³/mol. The maximum absolute atomic E-state index is 9.76. The number of aromatic hydroxyl groups is 1. The Balaban J connectivity index is 0.00000200. The molecule has 0 radical (unpaired) electrons. The summed E-state index contributed by atoms with van der Waals surface area (Å²) < 4.78 is 1.88.